The number of ether oxygens (including phenoxy) is 3. The fourth-order valence-electron chi connectivity index (χ4n) is 2.48. The van der Waals surface area contributed by atoms with E-state index in [4.69, 9.17) is 25.8 Å². The van der Waals surface area contributed by atoms with Crippen LogP contribution in [-0.4, -0.2) is 49.3 Å². The van der Waals surface area contributed by atoms with Crippen LogP contribution in [0.25, 0.3) is 0 Å². The Labute approximate surface area is 183 Å². The van der Waals surface area contributed by atoms with E-state index in [0.29, 0.717) is 36.8 Å². The maximum atomic E-state index is 13.4. The van der Waals surface area contributed by atoms with Crippen molar-refractivity contribution in [2.75, 3.05) is 26.4 Å². The smallest absolute Gasteiger partial charge is 0.262 e. The lowest BCUT2D eigenvalue weighted by atomic mass is 10.2. The molecule has 3 rings (SSSR count). The Morgan fingerprint density at radius 3 is 2.74 bits per heavy atom. The molecule has 1 aromatic carbocycles. The number of halogens is 2. The SMILES string of the molecule is C=C(CCNC(=O)c1ccc(OC2COC2)nc1)NC(=O)COc1ccc(Cl)c(F)c1. The first kappa shape index (κ1) is 22.5. The van der Waals surface area contributed by atoms with Crippen molar-refractivity contribution in [1.29, 1.82) is 0 Å². The molecule has 2 aromatic rings. The largest absolute Gasteiger partial charge is 0.484 e. The van der Waals surface area contributed by atoms with Crippen LogP contribution < -0.4 is 20.1 Å². The minimum atomic E-state index is -0.634. The van der Waals surface area contributed by atoms with Crippen LogP contribution in [0.15, 0.2) is 48.8 Å². The molecule has 2 N–H and O–H groups in total. The van der Waals surface area contributed by atoms with E-state index >= 15 is 0 Å². The Morgan fingerprint density at radius 1 is 1.29 bits per heavy atom. The summed E-state index contributed by atoms with van der Waals surface area (Å²) in [4.78, 5) is 28.2. The molecule has 0 saturated carbocycles. The Kier molecular flexibility index (Phi) is 7.80. The lowest BCUT2D eigenvalue weighted by Crippen LogP contribution is -2.38. The number of hydrogen-bond donors (Lipinski definition) is 2. The molecule has 0 atom stereocenters. The van der Waals surface area contributed by atoms with Crippen LogP contribution in [-0.2, 0) is 9.53 Å². The minimum absolute atomic E-state index is 0.00570. The molecule has 1 aliphatic rings. The van der Waals surface area contributed by atoms with Gasteiger partial charge in [-0.2, -0.15) is 0 Å². The van der Waals surface area contributed by atoms with Gasteiger partial charge in [0, 0.05) is 37.0 Å². The second-order valence-corrected chi connectivity index (χ2v) is 7.09. The number of carbonyl (C=O) groups excluding carboxylic acids is 2. The first-order valence-electron chi connectivity index (χ1n) is 9.45. The number of aromatic nitrogens is 1. The lowest BCUT2D eigenvalue weighted by molar-refractivity contribution is -0.122. The number of benzene rings is 1. The molecule has 1 saturated heterocycles. The van der Waals surface area contributed by atoms with Crippen molar-refractivity contribution in [3.63, 3.8) is 0 Å². The highest BCUT2D eigenvalue weighted by molar-refractivity contribution is 6.30. The van der Waals surface area contributed by atoms with E-state index in [-0.39, 0.29) is 35.9 Å². The quantitative estimate of drug-likeness (QED) is 0.578. The van der Waals surface area contributed by atoms with Crippen molar-refractivity contribution in [1.82, 2.24) is 15.6 Å². The second-order valence-electron chi connectivity index (χ2n) is 6.68. The van der Waals surface area contributed by atoms with Gasteiger partial charge in [-0.1, -0.05) is 18.2 Å². The molecule has 0 bridgehead atoms. The van der Waals surface area contributed by atoms with E-state index < -0.39 is 11.7 Å². The molecule has 0 unspecified atom stereocenters. The van der Waals surface area contributed by atoms with Gasteiger partial charge in [-0.3, -0.25) is 9.59 Å². The molecule has 2 amide bonds. The first-order chi connectivity index (χ1) is 14.9. The van der Waals surface area contributed by atoms with E-state index in [1.165, 1.54) is 18.3 Å². The van der Waals surface area contributed by atoms with Crippen molar-refractivity contribution in [3.05, 3.63) is 65.2 Å². The van der Waals surface area contributed by atoms with Crippen LogP contribution in [0.1, 0.15) is 16.8 Å². The molecule has 164 valence electrons. The molecule has 2 heterocycles. The summed E-state index contributed by atoms with van der Waals surface area (Å²) in [5, 5.41) is 5.24. The number of nitrogens with zero attached hydrogens (tertiary/aromatic N) is 1. The summed E-state index contributed by atoms with van der Waals surface area (Å²) >= 11 is 5.59. The summed E-state index contributed by atoms with van der Waals surface area (Å²) in [5.74, 6) is -0.780. The Hall–Kier alpha value is -3.17. The highest BCUT2D eigenvalue weighted by Gasteiger charge is 2.20. The molecular weight excluding hydrogens is 429 g/mol. The molecule has 10 heteroatoms. The fraction of sp³-hybridized carbons (Fsp3) is 0.286. The summed E-state index contributed by atoms with van der Waals surface area (Å²) in [6.45, 7) is 4.76. The van der Waals surface area contributed by atoms with Gasteiger partial charge in [-0.05, 0) is 18.2 Å². The predicted octanol–water partition coefficient (Wildman–Crippen LogP) is 2.48. The molecule has 1 fully saturated rings. The number of carbonyl (C=O) groups is 2. The zero-order chi connectivity index (χ0) is 22.2. The van der Waals surface area contributed by atoms with Crippen LogP contribution in [0.5, 0.6) is 11.6 Å². The van der Waals surface area contributed by atoms with E-state index in [1.54, 1.807) is 12.1 Å². The molecule has 8 nitrogen and oxygen atoms in total. The average Bonchev–Trinajstić information content (AvgIpc) is 2.72. The predicted molar refractivity (Wildman–Crippen MR) is 111 cm³/mol. The molecule has 0 radical (unpaired) electrons. The van der Waals surface area contributed by atoms with E-state index in [2.05, 4.69) is 22.2 Å². The Balaban J connectivity index is 1.33. The minimum Gasteiger partial charge on any atom is -0.484 e. The number of rotatable bonds is 10. The summed E-state index contributed by atoms with van der Waals surface area (Å²) in [5.41, 5.74) is 0.788. The maximum absolute atomic E-state index is 13.4. The van der Waals surface area contributed by atoms with Gasteiger partial charge in [0.2, 0.25) is 5.88 Å². The second kappa shape index (κ2) is 10.7. The fourth-order valence-corrected chi connectivity index (χ4v) is 2.60. The van der Waals surface area contributed by atoms with Gasteiger partial charge in [0.05, 0.1) is 23.8 Å². The standard InChI is InChI=1S/C21H21ClFN3O5/c1-13(26-19(27)12-30-15-3-4-17(22)18(23)8-15)6-7-24-21(28)14-2-5-20(25-9-14)31-16-10-29-11-16/h2-5,8-9,16H,1,6-7,10-12H2,(H,24,28)(H,26,27). The van der Waals surface area contributed by atoms with Gasteiger partial charge in [-0.15, -0.1) is 0 Å². The van der Waals surface area contributed by atoms with Crippen LogP contribution >= 0.6 is 11.6 Å². The monoisotopic (exact) mass is 449 g/mol. The van der Waals surface area contributed by atoms with Crippen molar-refractivity contribution in [2.45, 2.75) is 12.5 Å². The Bertz CT molecular complexity index is 951. The molecule has 0 spiro atoms. The third-order valence-corrected chi connectivity index (χ3v) is 4.49. The molecule has 1 aromatic heterocycles. The third kappa shape index (κ3) is 6.94. The highest BCUT2D eigenvalue weighted by Crippen LogP contribution is 2.20. The summed E-state index contributed by atoms with van der Waals surface area (Å²) < 4.78 is 29.1. The zero-order valence-corrected chi connectivity index (χ0v) is 17.3. The number of hydrogen-bond acceptors (Lipinski definition) is 6. The van der Waals surface area contributed by atoms with Crippen molar-refractivity contribution < 1.29 is 28.2 Å². The van der Waals surface area contributed by atoms with Gasteiger partial charge in [-0.25, -0.2) is 9.37 Å². The van der Waals surface area contributed by atoms with Gasteiger partial charge in [0.25, 0.3) is 11.8 Å². The third-order valence-electron chi connectivity index (χ3n) is 4.18. The molecule has 0 aliphatic carbocycles. The van der Waals surface area contributed by atoms with E-state index in [1.807, 2.05) is 0 Å². The van der Waals surface area contributed by atoms with Gasteiger partial charge in [0.1, 0.15) is 17.7 Å². The first-order valence-corrected chi connectivity index (χ1v) is 9.82. The van der Waals surface area contributed by atoms with Crippen LogP contribution in [0.2, 0.25) is 5.02 Å². The highest BCUT2D eigenvalue weighted by atomic mass is 35.5. The summed E-state index contributed by atoms with van der Waals surface area (Å²) in [6.07, 6.45) is 1.76. The molecule has 31 heavy (non-hydrogen) atoms. The van der Waals surface area contributed by atoms with Crippen molar-refractivity contribution in [3.8, 4) is 11.6 Å². The molecular formula is C21H21ClFN3O5. The van der Waals surface area contributed by atoms with Gasteiger partial charge < -0.3 is 24.8 Å². The normalized spacial score (nSPS) is 13.1. The van der Waals surface area contributed by atoms with Crippen molar-refractivity contribution in [2.24, 2.45) is 0 Å². The number of amides is 2. The number of nitrogens with one attached hydrogen (secondary N) is 2. The molecule has 1 aliphatic heterocycles. The summed E-state index contributed by atoms with van der Waals surface area (Å²) in [7, 11) is 0. The van der Waals surface area contributed by atoms with Gasteiger partial charge >= 0.3 is 0 Å². The lowest BCUT2D eigenvalue weighted by Gasteiger charge is -2.25. The van der Waals surface area contributed by atoms with Crippen LogP contribution in [0.4, 0.5) is 4.39 Å². The van der Waals surface area contributed by atoms with E-state index in [0.717, 1.165) is 6.07 Å². The average molecular weight is 450 g/mol. The van der Waals surface area contributed by atoms with Crippen LogP contribution in [0.3, 0.4) is 0 Å². The Morgan fingerprint density at radius 2 is 2.10 bits per heavy atom. The maximum Gasteiger partial charge on any atom is 0.262 e. The number of pyridine rings is 1. The topological polar surface area (TPSA) is 98.8 Å². The van der Waals surface area contributed by atoms with Gasteiger partial charge in [0.15, 0.2) is 6.61 Å². The van der Waals surface area contributed by atoms with Crippen molar-refractivity contribution >= 4 is 23.4 Å². The van der Waals surface area contributed by atoms with Crippen LogP contribution in [0, 0.1) is 5.82 Å². The zero-order valence-electron chi connectivity index (χ0n) is 16.5. The van der Waals surface area contributed by atoms with E-state index in [9.17, 15) is 14.0 Å². The summed E-state index contributed by atoms with van der Waals surface area (Å²) in [6, 6.07) is 7.13.